The lowest BCUT2D eigenvalue weighted by atomic mass is 10.1. The molecule has 0 aromatic heterocycles. The predicted octanol–water partition coefficient (Wildman–Crippen LogP) is 1.67. The van der Waals surface area contributed by atoms with Crippen LogP contribution in [0, 0.1) is 0 Å². The number of halogens is 6. The van der Waals surface area contributed by atoms with E-state index in [-0.39, 0.29) is 6.04 Å². The average Bonchev–Trinajstić information content (AvgIpc) is 2.60. The molecule has 0 amide bonds. The van der Waals surface area contributed by atoms with Crippen molar-refractivity contribution in [1.82, 2.24) is 4.90 Å². The third-order valence-electron chi connectivity index (χ3n) is 4.52. The smallest absolute Gasteiger partial charge is 0.522 e. The zero-order chi connectivity index (χ0) is 24.7. The van der Waals surface area contributed by atoms with Crippen LogP contribution in [0.1, 0.15) is 13.3 Å². The lowest BCUT2D eigenvalue weighted by Crippen LogP contribution is -2.67. The molecule has 3 rings (SSSR count). The van der Waals surface area contributed by atoms with Gasteiger partial charge in [0.25, 0.3) is 0 Å². The molecule has 3 saturated heterocycles. The van der Waals surface area contributed by atoms with Crippen molar-refractivity contribution in [2.24, 2.45) is 5.11 Å². The molecule has 0 aromatic rings. The Labute approximate surface area is 174 Å². The van der Waals surface area contributed by atoms with E-state index in [1.165, 1.54) is 50.3 Å². The minimum atomic E-state index is -6.09. The van der Waals surface area contributed by atoms with Crippen molar-refractivity contribution < 1.29 is 56.8 Å². The van der Waals surface area contributed by atoms with Crippen LogP contribution in [-0.4, -0.2) is 98.2 Å². The Morgan fingerprint density at radius 3 is 1.68 bits per heavy atom. The zero-order valence-electron chi connectivity index (χ0n) is 16.0. The molecule has 19 heteroatoms. The fraction of sp³-hybridized carbons (Fsp3) is 1.00. The van der Waals surface area contributed by atoms with Crippen LogP contribution in [0.2, 0.25) is 0 Å². The summed E-state index contributed by atoms with van der Waals surface area (Å²) in [6.45, 7) is 10.9. The van der Waals surface area contributed by atoms with Gasteiger partial charge in [-0.1, -0.05) is 12.0 Å². The Morgan fingerprint density at radius 1 is 1.06 bits per heavy atom. The van der Waals surface area contributed by atoms with Crippen LogP contribution in [0.4, 0.5) is 26.3 Å². The Bertz CT molecular complexity index is 777. The molecule has 0 aromatic carbocycles. The molecule has 0 spiro atoms. The maximum Gasteiger partial charge on any atom is 0.522 e. The highest BCUT2D eigenvalue weighted by molar-refractivity contribution is 7.86. The van der Waals surface area contributed by atoms with Crippen LogP contribution in [0.25, 0.3) is 10.4 Å². The van der Waals surface area contributed by atoms with Crippen LogP contribution in [0.3, 0.4) is 0 Å². The van der Waals surface area contributed by atoms with Gasteiger partial charge < -0.3 is 9.04 Å². The summed E-state index contributed by atoms with van der Waals surface area (Å²) in [5.74, 6) is 0. The van der Waals surface area contributed by atoms with Crippen molar-refractivity contribution in [1.29, 1.82) is 0 Å². The van der Waals surface area contributed by atoms with E-state index in [0.717, 1.165) is 6.42 Å². The molecule has 0 saturated carbocycles. The average molecular weight is 509 g/mol. The summed E-state index contributed by atoms with van der Waals surface area (Å²) < 4.78 is 118. The van der Waals surface area contributed by atoms with E-state index < -0.39 is 31.3 Å². The first-order valence-electron chi connectivity index (χ1n) is 8.42. The van der Waals surface area contributed by atoms with Gasteiger partial charge in [-0.3, -0.25) is 9.45 Å². The van der Waals surface area contributed by atoms with Gasteiger partial charge in [0.15, 0.2) is 10.1 Å². The predicted molar refractivity (Wildman–Crippen MR) is 92.7 cm³/mol. The highest BCUT2D eigenvalue weighted by Crippen LogP contribution is 2.22. The molecule has 3 aliphatic rings. The van der Waals surface area contributed by atoms with Gasteiger partial charge in [0.05, 0.1) is 26.2 Å². The largest absolute Gasteiger partial charge is 0.741 e. The summed E-state index contributed by atoms with van der Waals surface area (Å²) in [5.41, 5.74) is -2.83. The van der Waals surface area contributed by atoms with Crippen LogP contribution < -0.4 is 0 Å². The summed E-state index contributed by atoms with van der Waals surface area (Å²) in [7, 11) is -11.9. The summed E-state index contributed by atoms with van der Waals surface area (Å²) >= 11 is 0. The van der Waals surface area contributed by atoms with Gasteiger partial charge in [-0.05, 0) is 5.53 Å². The molecule has 2 bridgehead atoms. The van der Waals surface area contributed by atoms with Crippen molar-refractivity contribution in [3.8, 4) is 0 Å². The summed E-state index contributed by atoms with van der Waals surface area (Å²) in [6.07, 6.45) is 1.03. The molecule has 1 N–H and O–H groups in total. The van der Waals surface area contributed by atoms with Gasteiger partial charge in [-0.25, -0.2) is 8.42 Å². The molecule has 0 radical (unpaired) electrons. The van der Waals surface area contributed by atoms with E-state index in [2.05, 4.69) is 14.9 Å². The molecular formula is C12H21F6N5O6S2. The molecule has 1 unspecified atom stereocenters. The molecule has 11 nitrogen and oxygen atoms in total. The molecule has 31 heavy (non-hydrogen) atoms. The SMILES string of the molecule is CC(CC[N+]12CCN(CC1)CC2)N=[N+]=[N-].O=S(=O)(O)C(F)(F)F.O=S(=O)([O-])C(F)(F)F. The second-order valence-corrected chi connectivity index (χ2v) is 9.53. The van der Waals surface area contributed by atoms with E-state index in [9.17, 15) is 26.3 Å². The van der Waals surface area contributed by atoms with Crippen LogP contribution in [-0.2, 0) is 20.2 Å². The first-order chi connectivity index (χ1) is 13.7. The normalized spacial score (nSPS) is 24.6. The third kappa shape index (κ3) is 10.7. The van der Waals surface area contributed by atoms with E-state index in [0.29, 0.717) is 0 Å². The van der Waals surface area contributed by atoms with E-state index in [1.807, 2.05) is 6.92 Å². The van der Waals surface area contributed by atoms with Crippen molar-refractivity contribution >= 4 is 20.2 Å². The summed E-state index contributed by atoms with van der Waals surface area (Å²) in [5, 5.41) is 3.75. The topological polar surface area (TPSA) is 164 Å². The summed E-state index contributed by atoms with van der Waals surface area (Å²) in [6, 6.07) is 0.155. The Hall–Kier alpha value is -1.37. The minimum absolute atomic E-state index is 0.155. The number of rotatable bonds is 4. The maximum atomic E-state index is 10.7. The minimum Gasteiger partial charge on any atom is -0.741 e. The number of alkyl halides is 6. The second kappa shape index (κ2) is 11.0. The van der Waals surface area contributed by atoms with Crippen molar-refractivity contribution in [3.63, 3.8) is 0 Å². The number of hydrogen-bond acceptors (Lipinski definition) is 7. The number of fused-ring (bicyclic) bond motifs is 3. The van der Waals surface area contributed by atoms with Crippen molar-refractivity contribution in [2.45, 2.75) is 30.4 Å². The molecule has 184 valence electrons. The van der Waals surface area contributed by atoms with Crippen LogP contribution >= 0.6 is 0 Å². The lowest BCUT2D eigenvalue weighted by molar-refractivity contribution is -0.941. The Morgan fingerprint density at radius 2 is 1.42 bits per heavy atom. The third-order valence-corrected chi connectivity index (χ3v) is 5.67. The van der Waals surface area contributed by atoms with Crippen LogP contribution in [0.15, 0.2) is 5.11 Å². The first-order valence-corrected chi connectivity index (χ1v) is 11.3. The monoisotopic (exact) mass is 509 g/mol. The number of quaternary nitrogens is 1. The fourth-order valence-corrected chi connectivity index (χ4v) is 2.67. The Balaban J connectivity index is 0.000000483. The number of azide groups is 1. The van der Waals surface area contributed by atoms with Gasteiger partial charge >= 0.3 is 21.1 Å². The van der Waals surface area contributed by atoms with Gasteiger partial charge in [-0.15, -0.1) is 0 Å². The van der Waals surface area contributed by atoms with Gasteiger partial charge in [0, 0.05) is 37.0 Å². The van der Waals surface area contributed by atoms with Crippen molar-refractivity contribution in [3.05, 3.63) is 10.4 Å². The van der Waals surface area contributed by atoms with Gasteiger partial charge in [-0.2, -0.15) is 34.8 Å². The lowest BCUT2D eigenvalue weighted by Gasteiger charge is -2.50. The molecule has 3 heterocycles. The number of hydrogen-bond donors (Lipinski definition) is 1. The Kier molecular flexibility index (Phi) is 10.5. The standard InChI is InChI=1S/C10H20N5.2CHF3O3S/c1-10(12-13-11)2-6-15-7-3-14(4-8-15)5-9-15;2*2-1(3,4)8(5,6)7/h10H,2-9H2,1H3;2*(H,5,6,7)/q+1;;/p-1. The maximum absolute atomic E-state index is 10.7. The zero-order valence-corrected chi connectivity index (χ0v) is 17.7. The first kappa shape index (κ1) is 29.6. The van der Waals surface area contributed by atoms with Crippen LogP contribution in [0.5, 0.6) is 0 Å². The second-order valence-electron chi connectivity index (χ2n) is 6.74. The number of piperazine rings is 3. The molecule has 3 aliphatic heterocycles. The highest BCUT2D eigenvalue weighted by Gasteiger charge is 2.44. The molecule has 3 fully saturated rings. The van der Waals surface area contributed by atoms with E-state index >= 15 is 0 Å². The quantitative estimate of drug-likeness (QED) is 0.115. The van der Waals surface area contributed by atoms with Gasteiger partial charge in [0.2, 0.25) is 0 Å². The molecule has 1 atom stereocenters. The highest BCUT2D eigenvalue weighted by atomic mass is 32.2. The number of nitrogens with zero attached hydrogens (tertiary/aromatic N) is 5. The molecular weight excluding hydrogens is 488 g/mol. The summed E-state index contributed by atoms with van der Waals surface area (Å²) in [4.78, 5) is 5.42. The van der Waals surface area contributed by atoms with E-state index in [1.54, 1.807) is 0 Å². The fourth-order valence-electron chi connectivity index (χ4n) is 2.67. The van der Waals surface area contributed by atoms with E-state index in [4.69, 9.17) is 31.5 Å². The van der Waals surface area contributed by atoms with Gasteiger partial charge in [0.1, 0.15) is 0 Å². The molecule has 0 aliphatic carbocycles. The van der Waals surface area contributed by atoms with Crippen molar-refractivity contribution in [2.75, 3.05) is 45.8 Å².